The van der Waals surface area contributed by atoms with E-state index in [2.05, 4.69) is 58.5 Å². The number of carbonyl (C=O) groups is 2. The summed E-state index contributed by atoms with van der Waals surface area (Å²) in [5, 5.41) is 3.17. The van der Waals surface area contributed by atoms with Gasteiger partial charge in [0.05, 0.1) is 30.2 Å². The minimum absolute atomic E-state index is 0.0257. The fraction of sp³-hybridized carbons (Fsp3) is 0.424. The second-order valence-corrected chi connectivity index (χ2v) is 11.2. The highest BCUT2D eigenvalue weighted by atomic mass is 16.5. The van der Waals surface area contributed by atoms with Gasteiger partial charge in [-0.2, -0.15) is 0 Å². The van der Waals surface area contributed by atoms with E-state index in [1.54, 1.807) is 24.5 Å². The Morgan fingerprint density at radius 3 is 2.55 bits per heavy atom. The standard InChI is InChI=1S/C33H42N6O3/c1-25-10-15-37(16-11-25)31-9-8-28(22-30(31)36-32(40)29-7-3-13-35-23-29)27-6-2-5-26(21-27)24-39(14-4-12-34)33(41)38-17-19-42-20-18-38/h2-3,5-9,13,21-23,25H,4,10-12,14-20,24,34H2,1H3,(H,36,40). The molecule has 3 amide bonds. The molecule has 3 N–H and O–H groups in total. The summed E-state index contributed by atoms with van der Waals surface area (Å²) < 4.78 is 5.44. The summed E-state index contributed by atoms with van der Waals surface area (Å²) in [6.45, 7) is 8.19. The van der Waals surface area contributed by atoms with E-state index in [1.807, 2.05) is 15.9 Å². The molecule has 3 heterocycles. The number of nitrogens with zero attached hydrogens (tertiary/aromatic N) is 4. The predicted molar refractivity (Wildman–Crippen MR) is 167 cm³/mol. The normalized spacial score (nSPS) is 15.9. The molecule has 2 saturated heterocycles. The van der Waals surface area contributed by atoms with Crippen molar-refractivity contribution in [1.29, 1.82) is 0 Å². The lowest BCUT2D eigenvalue weighted by Gasteiger charge is -2.33. The van der Waals surface area contributed by atoms with E-state index < -0.39 is 0 Å². The molecule has 2 aliphatic heterocycles. The summed E-state index contributed by atoms with van der Waals surface area (Å²) in [6.07, 6.45) is 6.25. The highest BCUT2D eigenvalue weighted by molar-refractivity contribution is 6.06. The number of nitrogens with one attached hydrogen (secondary N) is 1. The summed E-state index contributed by atoms with van der Waals surface area (Å²) in [5.41, 5.74) is 11.2. The van der Waals surface area contributed by atoms with Gasteiger partial charge in [0, 0.05) is 51.7 Å². The maximum atomic E-state index is 13.3. The molecule has 0 unspecified atom stereocenters. The number of carbonyl (C=O) groups excluding carboxylic acids is 2. The SMILES string of the molecule is CC1CCN(c2ccc(-c3cccc(CN(CCCN)C(=O)N4CCOCC4)c3)cc2NC(=O)c2cccnc2)CC1. The largest absolute Gasteiger partial charge is 0.378 e. The maximum Gasteiger partial charge on any atom is 0.320 e. The second-order valence-electron chi connectivity index (χ2n) is 11.2. The fourth-order valence-corrected chi connectivity index (χ4v) is 5.58. The topological polar surface area (TPSA) is 104 Å². The van der Waals surface area contributed by atoms with Crippen molar-refractivity contribution in [3.8, 4) is 11.1 Å². The number of morpholine rings is 1. The Kier molecular flexibility index (Phi) is 10.0. The number of anilines is 2. The zero-order valence-corrected chi connectivity index (χ0v) is 24.5. The minimum atomic E-state index is -0.183. The molecular formula is C33H42N6O3. The first kappa shape index (κ1) is 29.5. The first-order chi connectivity index (χ1) is 20.5. The zero-order chi connectivity index (χ0) is 29.3. The van der Waals surface area contributed by atoms with Gasteiger partial charge in [-0.15, -0.1) is 0 Å². The number of rotatable bonds is 9. The Bertz CT molecular complexity index is 1340. The van der Waals surface area contributed by atoms with Crippen molar-refractivity contribution in [1.82, 2.24) is 14.8 Å². The van der Waals surface area contributed by atoms with Crippen LogP contribution in [0.15, 0.2) is 67.0 Å². The van der Waals surface area contributed by atoms with Crippen LogP contribution in [-0.2, 0) is 11.3 Å². The number of aromatic nitrogens is 1. The summed E-state index contributed by atoms with van der Waals surface area (Å²) in [7, 11) is 0. The maximum absolute atomic E-state index is 13.3. The van der Waals surface area contributed by atoms with Crippen molar-refractivity contribution in [3.63, 3.8) is 0 Å². The number of ether oxygens (including phenoxy) is 1. The molecule has 0 radical (unpaired) electrons. The molecule has 0 aliphatic carbocycles. The molecule has 9 nitrogen and oxygen atoms in total. The minimum Gasteiger partial charge on any atom is -0.378 e. The number of amides is 3. The molecule has 2 fully saturated rings. The van der Waals surface area contributed by atoms with Crippen molar-refractivity contribution < 1.29 is 14.3 Å². The lowest BCUT2D eigenvalue weighted by Crippen LogP contribution is -2.48. The third kappa shape index (κ3) is 7.46. The molecule has 1 aromatic heterocycles. The van der Waals surface area contributed by atoms with Gasteiger partial charge in [0.1, 0.15) is 0 Å². The highest BCUT2D eigenvalue weighted by Gasteiger charge is 2.23. The van der Waals surface area contributed by atoms with E-state index in [0.717, 1.165) is 60.4 Å². The van der Waals surface area contributed by atoms with Gasteiger partial charge in [-0.1, -0.05) is 31.2 Å². The van der Waals surface area contributed by atoms with E-state index >= 15 is 0 Å². The van der Waals surface area contributed by atoms with Crippen molar-refractivity contribution in [2.45, 2.75) is 32.7 Å². The molecule has 0 spiro atoms. The van der Waals surface area contributed by atoms with Gasteiger partial charge < -0.3 is 30.5 Å². The van der Waals surface area contributed by atoms with E-state index in [-0.39, 0.29) is 11.9 Å². The van der Waals surface area contributed by atoms with Crippen molar-refractivity contribution in [3.05, 3.63) is 78.1 Å². The molecule has 42 heavy (non-hydrogen) atoms. The summed E-state index contributed by atoms with van der Waals surface area (Å²) in [4.78, 5) is 36.7. The molecule has 5 rings (SSSR count). The highest BCUT2D eigenvalue weighted by Crippen LogP contribution is 2.34. The van der Waals surface area contributed by atoms with E-state index in [1.165, 1.54) is 0 Å². The third-order valence-corrected chi connectivity index (χ3v) is 8.11. The summed E-state index contributed by atoms with van der Waals surface area (Å²) in [5.74, 6) is 0.522. The Labute approximate surface area is 248 Å². The molecule has 222 valence electrons. The number of pyridine rings is 1. The van der Waals surface area contributed by atoms with Crippen LogP contribution < -0.4 is 16.0 Å². The van der Waals surface area contributed by atoms with E-state index in [4.69, 9.17) is 10.5 Å². The quantitative estimate of drug-likeness (QED) is 0.382. The molecular weight excluding hydrogens is 528 g/mol. The Hall–Kier alpha value is -3.95. The molecule has 0 atom stereocenters. The number of piperidine rings is 1. The van der Waals surface area contributed by atoms with Crippen molar-refractivity contribution >= 4 is 23.3 Å². The number of benzene rings is 2. The first-order valence-corrected chi connectivity index (χ1v) is 15.0. The Balaban J connectivity index is 1.40. The summed E-state index contributed by atoms with van der Waals surface area (Å²) in [6, 6.07) is 18.1. The molecule has 9 heteroatoms. The number of hydrogen-bond acceptors (Lipinski definition) is 6. The van der Waals surface area contributed by atoms with Crippen LogP contribution in [0.2, 0.25) is 0 Å². The number of nitrogens with two attached hydrogens (primary N) is 1. The lowest BCUT2D eigenvalue weighted by molar-refractivity contribution is 0.0425. The van der Waals surface area contributed by atoms with Crippen LogP contribution in [0.1, 0.15) is 42.1 Å². The van der Waals surface area contributed by atoms with Gasteiger partial charge in [-0.05, 0) is 78.7 Å². The zero-order valence-electron chi connectivity index (χ0n) is 24.5. The van der Waals surface area contributed by atoms with Crippen LogP contribution in [-0.4, -0.2) is 79.2 Å². The smallest absolute Gasteiger partial charge is 0.320 e. The van der Waals surface area contributed by atoms with Crippen LogP contribution in [0.4, 0.5) is 16.2 Å². The number of hydrogen-bond donors (Lipinski definition) is 2. The fourth-order valence-electron chi connectivity index (χ4n) is 5.58. The molecule has 3 aromatic rings. The molecule has 0 saturated carbocycles. The van der Waals surface area contributed by atoms with E-state index in [9.17, 15) is 9.59 Å². The van der Waals surface area contributed by atoms with Gasteiger partial charge in [0.15, 0.2) is 0 Å². The monoisotopic (exact) mass is 570 g/mol. The van der Waals surface area contributed by atoms with Gasteiger partial charge in [-0.3, -0.25) is 9.78 Å². The van der Waals surface area contributed by atoms with Crippen LogP contribution in [0, 0.1) is 5.92 Å². The van der Waals surface area contributed by atoms with Gasteiger partial charge in [-0.25, -0.2) is 4.79 Å². The van der Waals surface area contributed by atoms with Crippen LogP contribution in [0.5, 0.6) is 0 Å². The van der Waals surface area contributed by atoms with Crippen molar-refractivity contribution in [2.24, 2.45) is 11.7 Å². The average Bonchev–Trinajstić information content (AvgIpc) is 3.04. The van der Waals surface area contributed by atoms with E-state index in [0.29, 0.717) is 57.4 Å². The lowest BCUT2D eigenvalue weighted by atomic mass is 9.97. The second kappa shape index (κ2) is 14.3. The molecule has 2 aliphatic rings. The molecule has 2 aromatic carbocycles. The Morgan fingerprint density at radius 2 is 1.81 bits per heavy atom. The Morgan fingerprint density at radius 1 is 1.02 bits per heavy atom. The van der Waals surface area contributed by atoms with Gasteiger partial charge in [0.25, 0.3) is 5.91 Å². The van der Waals surface area contributed by atoms with Crippen molar-refractivity contribution in [2.75, 3.05) is 62.7 Å². The third-order valence-electron chi connectivity index (χ3n) is 8.11. The predicted octanol–water partition coefficient (Wildman–Crippen LogP) is 4.84. The van der Waals surface area contributed by atoms with Crippen LogP contribution in [0.25, 0.3) is 11.1 Å². The summed E-state index contributed by atoms with van der Waals surface area (Å²) >= 11 is 0. The molecule has 0 bridgehead atoms. The van der Waals surface area contributed by atoms with Crippen LogP contribution >= 0.6 is 0 Å². The number of urea groups is 1. The van der Waals surface area contributed by atoms with Crippen LogP contribution in [0.3, 0.4) is 0 Å². The first-order valence-electron chi connectivity index (χ1n) is 15.0. The average molecular weight is 571 g/mol. The van der Waals surface area contributed by atoms with Gasteiger partial charge in [0.2, 0.25) is 0 Å². The van der Waals surface area contributed by atoms with Gasteiger partial charge >= 0.3 is 6.03 Å².